The average molecular weight is 431 g/mol. The Bertz CT molecular complexity index is 1120. The lowest BCUT2D eigenvalue weighted by Gasteiger charge is -2.37. The molecule has 3 aromatic carbocycles. The fourth-order valence-corrected chi connectivity index (χ4v) is 5.24. The lowest BCUT2D eigenvalue weighted by atomic mass is 9.88. The van der Waals surface area contributed by atoms with Crippen LogP contribution in [-0.4, -0.2) is 53.6 Å². The first-order valence-electron chi connectivity index (χ1n) is 11.6. The van der Waals surface area contributed by atoms with E-state index in [1.165, 1.54) is 5.56 Å². The first-order valence-corrected chi connectivity index (χ1v) is 11.6. The summed E-state index contributed by atoms with van der Waals surface area (Å²) in [6.07, 6.45) is 1.25. The number of para-hydroxylation sites is 1. The number of hydrogen-bond donors (Lipinski definition) is 1. The Hall–Kier alpha value is -2.89. The van der Waals surface area contributed by atoms with Gasteiger partial charge in [-0.2, -0.15) is 0 Å². The van der Waals surface area contributed by atoms with Crippen LogP contribution in [0.3, 0.4) is 0 Å². The number of aliphatic hydroxyl groups excluding tert-OH is 1. The number of benzene rings is 3. The van der Waals surface area contributed by atoms with Crippen LogP contribution in [-0.2, 0) is 0 Å². The molecule has 1 atom stereocenters. The van der Waals surface area contributed by atoms with Gasteiger partial charge in [0.1, 0.15) is 5.75 Å². The van der Waals surface area contributed by atoms with E-state index in [-0.39, 0.29) is 5.91 Å². The van der Waals surface area contributed by atoms with Crippen molar-refractivity contribution in [2.45, 2.75) is 31.9 Å². The molecule has 2 heterocycles. The monoisotopic (exact) mass is 430 g/mol. The summed E-state index contributed by atoms with van der Waals surface area (Å²) in [5.74, 6) is 1.42. The van der Waals surface area contributed by atoms with Gasteiger partial charge in [0.05, 0.1) is 6.61 Å². The smallest absolute Gasteiger partial charge is 0.256 e. The summed E-state index contributed by atoms with van der Waals surface area (Å²) in [4.78, 5) is 17.2. The number of aliphatic hydroxyl groups is 1. The molecular formula is C27H30N2O3. The highest BCUT2D eigenvalue weighted by Crippen LogP contribution is 2.36. The van der Waals surface area contributed by atoms with E-state index < -0.39 is 6.23 Å². The van der Waals surface area contributed by atoms with Crippen LogP contribution in [0.5, 0.6) is 5.75 Å². The SMILES string of the molecule is CCOc1ccccc1C1CCN(CCN2C(=O)c3cccc4cccc(c34)C2O)CC1. The Labute approximate surface area is 189 Å². The number of likely N-dealkylation sites (tertiary alicyclic amines) is 1. The predicted molar refractivity (Wildman–Crippen MR) is 126 cm³/mol. The number of amides is 1. The number of hydrogen-bond acceptors (Lipinski definition) is 4. The molecule has 0 saturated carbocycles. The molecular weight excluding hydrogens is 400 g/mol. The first-order chi connectivity index (χ1) is 15.7. The van der Waals surface area contributed by atoms with E-state index in [1.54, 1.807) is 4.90 Å². The van der Waals surface area contributed by atoms with Crippen molar-refractivity contribution in [3.63, 3.8) is 0 Å². The average Bonchev–Trinajstić information content (AvgIpc) is 2.83. The molecule has 1 amide bonds. The Morgan fingerprint density at radius 2 is 1.66 bits per heavy atom. The molecule has 5 heteroatoms. The van der Waals surface area contributed by atoms with Gasteiger partial charge in [0.2, 0.25) is 0 Å². The summed E-state index contributed by atoms with van der Waals surface area (Å²) < 4.78 is 5.83. The van der Waals surface area contributed by atoms with Crippen molar-refractivity contribution in [3.8, 4) is 5.75 Å². The minimum atomic E-state index is -0.892. The van der Waals surface area contributed by atoms with Crippen LogP contribution in [0, 0.1) is 0 Å². The van der Waals surface area contributed by atoms with Gasteiger partial charge in [0.25, 0.3) is 5.91 Å². The fourth-order valence-electron chi connectivity index (χ4n) is 5.24. The molecule has 2 aliphatic rings. The van der Waals surface area contributed by atoms with Gasteiger partial charge in [-0.3, -0.25) is 4.79 Å². The highest BCUT2D eigenvalue weighted by molar-refractivity contribution is 6.10. The molecule has 32 heavy (non-hydrogen) atoms. The van der Waals surface area contributed by atoms with Crippen molar-refractivity contribution in [3.05, 3.63) is 77.4 Å². The van der Waals surface area contributed by atoms with Crippen molar-refractivity contribution in [1.29, 1.82) is 0 Å². The number of ether oxygens (including phenoxy) is 1. The van der Waals surface area contributed by atoms with E-state index >= 15 is 0 Å². The molecule has 3 aromatic rings. The molecule has 2 aliphatic heterocycles. The molecule has 5 nitrogen and oxygen atoms in total. The van der Waals surface area contributed by atoms with E-state index in [0.29, 0.717) is 24.6 Å². The van der Waals surface area contributed by atoms with Crippen LogP contribution < -0.4 is 4.74 Å². The number of rotatable bonds is 6. The second-order valence-electron chi connectivity index (χ2n) is 8.71. The maximum Gasteiger partial charge on any atom is 0.256 e. The number of carbonyl (C=O) groups excluding carboxylic acids is 1. The minimum absolute atomic E-state index is 0.0812. The molecule has 0 aromatic heterocycles. The van der Waals surface area contributed by atoms with Crippen LogP contribution >= 0.6 is 0 Å². The molecule has 0 radical (unpaired) electrons. The predicted octanol–water partition coefficient (Wildman–Crippen LogP) is 4.56. The molecule has 1 saturated heterocycles. The highest BCUT2D eigenvalue weighted by Gasteiger charge is 2.33. The van der Waals surface area contributed by atoms with E-state index in [0.717, 1.165) is 54.6 Å². The zero-order valence-corrected chi connectivity index (χ0v) is 18.5. The topological polar surface area (TPSA) is 53.0 Å². The minimum Gasteiger partial charge on any atom is -0.494 e. The van der Waals surface area contributed by atoms with Crippen LogP contribution in [0.2, 0.25) is 0 Å². The summed E-state index contributed by atoms with van der Waals surface area (Å²) in [5, 5.41) is 12.9. The van der Waals surface area contributed by atoms with Gasteiger partial charge in [0, 0.05) is 29.6 Å². The molecule has 1 unspecified atom stereocenters. The Morgan fingerprint density at radius 1 is 0.938 bits per heavy atom. The molecule has 166 valence electrons. The molecule has 0 aliphatic carbocycles. The van der Waals surface area contributed by atoms with Crippen molar-refractivity contribution in [2.75, 3.05) is 32.8 Å². The van der Waals surface area contributed by atoms with Gasteiger partial charge in [-0.25, -0.2) is 0 Å². The number of carbonyl (C=O) groups is 1. The van der Waals surface area contributed by atoms with E-state index in [9.17, 15) is 9.90 Å². The third kappa shape index (κ3) is 3.76. The van der Waals surface area contributed by atoms with Crippen LogP contribution in [0.1, 0.15) is 53.4 Å². The molecule has 0 spiro atoms. The second kappa shape index (κ2) is 8.93. The second-order valence-corrected chi connectivity index (χ2v) is 8.71. The van der Waals surface area contributed by atoms with E-state index in [4.69, 9.17) is 4.74 Å². The van der Waals surface area contributed by atoms with Crippen LogP contribution in [0.25, 0.3) is 10.8 Å². The zero-order chi connectivity index (χ0) is 22.1. The summed E-state index contributed by atoms with van der Waals surface area (Å²) >= 11 is 0. The van der Waals surface area contributed by atoms with E-state index in [2.05, 4.69) is 23.1 Å². The van der Waals surface area contributed by atoms with Crippen molar-refractivity contribution in [2.24, 2.45) is 0 Å². The largest absolute Gasteiger partial charge is 0.494 e. The van der Waals surface area contributed by atoms with Crippen LogP contribution in [0.15, 0.2) is 60.7 Å². The Kier molecular flexibility index (Phi) is 5.85. The number of nitrogens with zero attached hydrogens (tertiary/aromatic N) is 2. The summed E-state index contributed by atoms with van der Waals surface area (Å²) in [7, 11) is 0. The Balaban J connectivity index is 1.24. The van der Waals surface area contributed by atoms with Crippen LogP contribution in [0.4, 0.5) is 0 Å². The normalized spacial score (nSPS) is 19.5. The van der Waals surface area contributed by atoms with Gasteiger partial charge in [-0.15, -0.1) is 0 Å². The van der Waals surface area contributed by atoms with E-state index in [1.807, 2.05) is 49.4 Å². The molecule has 1 N–H and O–H groups in total. The van der Waals surface area contributed by atoms with Crippen molar-refractivity contribution >= 4 is 16.7 Å². The molecule has 5 rings (SSSR count). The number of piperidine rings is 1. The van der Waals surface area contributed by atoms with Gasteiger partial charge < -0.3 is 19.6 Å². The highest BCUT2D eigenvalue weighted by atomic mass is 16.5. The summed E-state index contributed by atoms with van der Waals surface area (Å²) in [5.41, 5.74) is 2.82. The third-order valence-corrected chi connectivity index (χ3v) is 6.90. The Morgan fingerprint density at radius 3 is 2.44 bits per heavy atom. The quantitative estimate of drug-likeness (QED) is 0.623. The lowest BCUT2D eigenvalue weighted by Crippen LogP contribution is -2.44. The summed E-state index contributed by atoms with van der Waals surface area (Å²) in [6.45, 7) is 5.95. The van der Waals surface area contributed by atoms with Crippen molar-refractivity contribution in [1.82, 2.24) is 9.80 Å². The van der Waals surface area contributed by atoms with Gasteiger partial charge in [-0.1, -0.05) is 48.5 Å². The molecule has 1 fully saturated rings. The van der Waals surface area contributed by atoms with Gasteiger partial charge in [-0.05, 0) is 61.9 Å². The maximum atomic E-state index is 13.2. The molecule has 0 bridgehead atoms. The fraction of sp³-hybridized carbons (Fsp3) is 0.370. The van der Waals surface area contributed by atoms with Crippen molar-refractivity contribution < 1.29 is 14.6 Å². The zero-order valence-electron chi connectivity index (χ0n) is 18.5. The van der Waals surface area contributed by atoms with Gasteiger partial charge in [0.15, 0.2) is 6.23 Å². The maximum absolute atomic E-state index is 13.2. The van der Waals surface area contributed by atoms with Gasteiger partial charge >= 0.3 is 0 Å². The standard InChI is InChI=1S/C27H30N2O3/c1-2-32-24-12-4-3-9-21(24)19-13-15-28(16-14-19)17-18-29-26(30)22-10-5-7-20-8-6-11-23(25(20)22)27(29)31/h3-12,19,26,30H,2,13-18H2,1H3. The lowest BCUT2D eigenvalue weighted by molar-refractivity contribution is 0.000242. The third-order valence-electron chi connectivity index (χ3n) is 6.90. The summed E-state index contributed by atoms with van der Waals surface area (Å²) in [6, 6.07) is 20.0. The first kappa shape index (κ1) is 21.0.